The van der Waals surface area contributed by atoms with E-state index in [1.165, 1.54) is 6.92 Å². The Kier molecular flexibility index (Phi) is 3.37. The zero-order valence-corrected chi connectivity index (χ0v) is 13.0. The van der Waals surface area contributed by atoms with Crippen LogP contribution in [0.2, 0.25) is 0 Å². The van der Waals surface area contributed by atoms with Crippen molar-refractivity contribution in [3.05, 3.63) is 46.3 Å². The molecule has 1 N–H and O–H groups in total. The van der Waals surface area contributed by atoms with Crippen LogP contribution in [0.4, 0.5) is 0 Å². The Morgan fingerprint density at radius 3 is 2.79 bits per heavy atom. The molecular weight excluding hydrogens is 310 g/mol. The first-order valence-electron chi connectivity index (χ1n) is 7.66. The lowest BCUT2D eigenvalue weighted by molar-refractivity contribution is -0.118. The third kappa shape index (κ3) is 2.27. The molecule has 0 saturated carbocycles. The number of hydrogen-bond acceptors (Lipinski definition) is 5. The number of hydrogen-bond donors (Lipinski definition) is 1. The van der Waals surface area contributed by atoms with Crippen LogP contribution in [-0.4, -0.2) is 19.2 Å². The van der Waals surface area contributed by atoms with E-state index in [1.807, 2.05) is 18.2 Å². The fourth-order valence-corrected chi connectivity index (χ4v) is 3.03. The van der Waals surface area contributed by atoms with E-state index >= 15 is 0 Å². The van der Waals surface area contributed by atoms with Crippen molar-refractivity contribution in [2.75, 3.05) is 13.3 Å². The lowest BCUT2D eigenvalue weighted by Crippen LogP contribution is -2.22. The fraction of sp³-hybridized carbons (Fsp3) is 0.222. The van der Waals surface area contributed by atoms with Gasteiger partial charge in [0.2, 0.25) is 12.7 Å². The molecule has 1 aliphatic rings. The second-order valence-electron chi connectivity index (χ2n) is 5.64. The summed E-state index contributed by atoms with van der Waals surface area (Å²) in [6, 6.07) is 9.07. The number of benzene rings is 2. The number of carbonyl (C=O) groups excluding carboxylic acids is 1. The van der Waals surface area contributed by atoms with Gasteiger partial charge in [0, 0.05) is 24.4 Å². The van der Waals surface area contributed by atoms with Crippen LogP contribution in [0.1, 0.15) is 12.5 Å². The van der Waals surface area contributed by atoms with Crippen LogP contribution in [0.3, 0.4) is 0 Å². The van der Waals surface area contributed by atoms with Crippen molar-refractivity contribution >= 4 is 27.6 Å². The largest absolute Gasteiger partial charge is 0.454 e. The summed E-state index contributed by atoms with van der Waals surface area (Å²) in [6.07, 6.45) is 0.522. The maximum Gasteiger partial charge on any atom is 0.344 e. The molecule has 0 spiro atoms. The molecule has 0 fully saturated rings. The van der Waals surface area contributed by atoms with Crippen LogP contribution in [0.5, 0.6) is 11.5 Å². The number of amides is 1. The number of carbonyl (C=O) groups is 1. The van der Waals surface area contributed by atoms with Crippen LogP contribution < -0.4 is 20.4 Å². The molecule has 1 aliphatic heterocycles. The molecule has 4 rings (SSSR count). The van der Waals surface area contributed by atoms with Crippen LogP contribution in [0.25, 0.3) is 21.7 Å². The summed E-state index contributed by atoms with van der Waals surface area (Å²) in [7, 11) is 0. The minimum Gasteiger partial charge on any atom is -0.454 e. The maximum absolute atomic E-state index is 12.3. The molecule has 2 aromatic carbocycles. The summed E-state index contributed by atoms with van der Waals surface area (Å²) in [5.74, 6) is 1.11. The molecule has 0 saturated heterocycles. The molecular formula is C18H15NO5. The molecule has 3 aromatic rings. The van der Waals surface area contributed by atoms with Crippen molar-refractivity contribution in [3.8, 4) is 11.5 Å². The molecule has 0 bridgehead atoms. The molecule has 0 atom stereocenters. The zero-order valence-electron chi connectivity index (χ0n) is 13.0. The molecule has 2 heterocycles. The third-order valence-electron chi connectivity index (χ3n) is 4.07. The minimum absolute atomic E-state index is 0.105. The van der Waals surface area contributed by atoms with Gasteiger partial charge in [0.15, 0.2) is 11.5 Å². The summed E-state index contributed by atoms with van der Waals surface area (Å²) in [5, 5.41) is 4.75. The Bertz CT molecular complexity index is 1020. The van der Waals surface area contributed by atoms with Gasteiger partial charge in [-0.15, -0.1) is 0 Å². The number of ether oxygens (including phenoxy) is 2. The Morgan fingerprint density at radius 1 is 1.21 bits per heavy atom. The molecule has 0 unspecified atom stereocenters. The normalized spacial score (nSPS) is 12.7. The molecule has 0 radical (unpaired) electrons. The summed E-state index contributed by atoms with van der Waals surface area (Å²) in [6.45, 7) is 2.04. The number of nitrogens with one attached hydrogen (secondary N) is 1. The van der Waals surface area contributed by atoms with E-state index in [-0.39, 0.29) is 12.7 Å². The van der Waals surface area contributed by atoms with Crippen LogP contribution in [-0.2, 0) is 11.2 Å². The highest BCUT2D eigenvalue weighted by Gasteiger charge is 2.23. The minimum atomic E-state index is -0.391. The Balaban J connectivity index is 1.99. The second-order valence-corrected chi connectivity index (χ2v) is 5.64. The van der Waals surface area contributed by atoms with Crippen molar-refractivity contribution in [2.24, 2.45) is 0 Å². The Hall–Kier alpha value is -3.02. The Labute approximate surface area is 137 Å². The lowest BCUT2D eigenvalue weighted by Gasteiger charge is -2.10. The summed E-state index contributed by atoms with van der Waals surface area (Å²) in [5.41, 5.74) is 0.886. The van der Waals surface area contributed by atoms with E-state index in [4.69, 9.17) is 13.9 Å². The highest BCUT2D eigenvalue weighted by molar-refractivity contribution is 6.09. The van der Waals surface area contributed by atoms with Crippen LogP contribution in [0.15, 0.2) is 39.5 Å². The lowest BCUT2D eigenvalue weighted by atomic mass is 10.0. The Morgan fingerprint density at radius 2 is 2.00 bits per heavy atom. The van der Waals surface area contributed by atoms with Gasteiger partial charge in [0.25, 0.3) is 0 Å². The monoisotopic (exact) mass is 325 g/mol. The van der Waals surface area contributed by atoms with Crippen molar-refractivity contribution < 1.29 is 18.7 Å². The predicted octanol–water partition coefficient (Wildman–Crippen LogP) is 2.35. The highest BCUT2D eigenvalue weighted by atomic mass is 16.7. The summed E-state index contributed by atoms with van der Waals surface area (Å²) < 4.78 is 16.7. The van der Waals surface area contributed by atoms with E-state index < -0.39 is 5.63 Å². The molecule has 1 amide bonds. The summed E-state index contributed by atoms with van der Waals surface area (Å²) >= 11 is 0. The standard InChI is InChI=1S/C18H15NO5/c1-10(20)19-7-6-11-8-14-17(23-9-22-14)15-12-4-2-3-5-13(12)18(21)24-16(11)15/h2-5,8H,6-7,9H2,1H3,(H,19,20). The van der Waals surface area contributed by atoms with E-state index in [9.17, 15) is 9.59 Å². The van der Waals surface area contributed by atoms with Crippen molar-refractivity contribution in [1.29, 1.82) is 0 Å². The molecule has 122 valence electrons. The topological polar surface area (TPSA) is 77.8 Å². The van der Waals surface area contributed by atoms with Gasteiger partial charge in [-0.05, 0) is 18.6 Å². The predicted molar refractivity (Wildman–Crippen MR) is 88.5 cm³/mol. The first kappa shape index (κ1) is 14.6. The van der Waals surface area contributed by atoms with Gasteiger partial charge < -0.3 is 19.2 Å². The van der Waals surface area contributed by atoms with Gasteiger partial charge >= 0.3 is 5.63 Å². The molecule has 6 heteroatoms. The van der Waals surface area contributed by atoms with Crippen molar-refractivity contribution in [2.45, 2.75) is 13.3 Å². The average molecular weight is 325 g/mol. The quantitative estimate of drug-likeness (QED) is 0.591. The first-order chi connectivity index (χ1) is 11.6. The van der Waals surface area contributed by atoms with E-state index in [1.54, 1.807) is 12.1 Å². The van der Waals surface area contributed by atoms with Crippen LogP contribution >= 0.6 is 0 Å². The fourth-order valence-electron chi connectivity index (χ4n) is 3.03. The molecule has 1 aromatic heterocycles. The van der Waals surface area contributed by atoms with Gasteiger partial charge in [-0.25, -0.2) is 4.79 Å². The first-order valence-corrected chi connectivity index (χ1v) is 7.66. The third-order valence-corrected chi connectivity index (χ3v) is 4.07. The number of rotatable bonds is 3. The van der Waals surface area contributed by atoms with Gasteiger partial charge in [-0.3, -0.25) is 4.79 Å². The highest BCUT2D eigenvalue weighted by Crippen LogP contribution is 2.43. The van der Waals surface area contributed by atoms with E-state index in [0.717, 1.165) is 16.3 Å². The molecule has 24 heavy (non-hydrogen) atoms. The smallest absolute Gasteiger partial charge is 0.344 e. The van der Waals surface area contributed by atoms with Gasteiger partial charge in [-0.2, -0.15) is 0 Å². The molecule has 6 nitrogen and oxygen atoms in total. The van der Waals surface area contributed by atoms with Crippen molar-refractivity contribution in [1.82, 2.24) is 5.32 Å². The zero-order chi connectivity index (χ0) is 16.7. The second kappa shape index (κ2) is 5.56. The average Bonchev–Trinajstić information content (AvgIpc) is 3.03. The summed E-state index contributed by atoms with van der Waals surface area (Å²) in [4.78, 5) is 23.4. The van der Waals surface area contributed by atoms with E-state index in [2.05, 4.69) is 5.32 Å². The SMILES string of the molecule is CC(=O)NCCc1cc2c(c3c1oc(=O)c1ccccc13)OCO2. The van der Waals surface area contributed by atoms with Gasteiger partial charge in [0.1, 0.15) is 5.58 Å². The van der Waals surface area contributed by atoms with E-state index in [0.29, 0.717) is 35.4 Å². The number of fused-ring (bicyclic) bond motifs is 5. The van der Waals surface area contributed by atoms with Crippen molar-refractivity contribution in [3.63, 3.8) is 0 Å². The van der Waals surface area contributed by atoms with Crippen LogP contribution in [0, 0.1) is 0 Å². The molecule has 0 aliphatic carbocycles. The van der Waals surface area contributed by atoms with Gasteiger partial charge in [0.05, 0.1) is 10.8 Å². The van der Waals surface area contributed by atoms with Gasteiger partial charge in [-0.1, -0.05) is 18.2 Å². The maximum atomic E-state index is 12.3.